The molecule has 0 amide bonds. The van der Waals surface area contributed by atoms with Gasteiger partial charge in [0.15, 0.2) is 9.84 Å². The molecule has 0 saturated carbocycles. The molecule has 2 aliphatic rings. The lowest BCUT2D eigenvalue weighted by atomic mass is 9.83. The summed E-state index contributed by atoms with van der Waals surface area (Å²) in [6.07, 6.45) is 2.40. The molecule has 6 nitrogen and oxygen atoms in total. The number of nitrogens with zero attached hydrogens (tertiary/aromatic N) is 2. The minimum atomic E-state index is -3.03. The molecule has 1 aromatic rings. The quantitative estimate of drug-likeness (QED) is 0.794. The summed E-state index contributed by atoms with van der Waals surface area (Å²) < 4.78 is 34.8. The third kappa shape index (κ3) is 2.41. The number of aromatic nitrogens is 1. The predicted molar refractivity (Wildman–Crippen MR) is 82.6 cm³/mol. The number of pyridine rings is 1. The lowest BCUT2D eigenvalue weighted by molar-refractivity contribution is 0.0406. The summed E-state index contributed by atoms with van der Waals surface area (Å²) >= 11 is 0. The van der Waals surface area contributed by atoms with Gasteiger partial charge in [-0.1, -0.05) is 6.07 Å². The van der Waals surface area contributed by atoms with Gasteiger partial charge in [-0.25, -0.2) is 13.4 Å². The van der Waals surface area contributed by atoms with E-state index in [0.717, 1.165) is 5.56 Å². The monoisotopic (exact) mass is 326 g/mol. The number of rotatable bonds is 5. The van der Waals surface area contributed by atoms with Crippen LogP contribution in [-0.4, -0.2) is 62.7 Å². The molecule has 7 heteroatoms. The topological polar surface area (TPSA) is 68.7 Å². The van der Waals surface area contributed by atoms with E-state index in [1.54, 1.807) is 20.4 Å². The van der Waals surface area contributed by atoms with E-state index in [1.807, 2.05) is 12.1 Å². The first-order valence-corrected chi connectivity index (χ1v) is 9.09. The van der Waals surface area contributed by atoms with Crippen LogP contribution in [0.25, 0.3) is 0 Å². The highest BCUT2D eigenvalue weighted by Gasteiger charge is 2.61. The van der Waals surface area contributed by atoms with Crippen LogP contribution < -0.4 is 4.74 Å². The fraction of sp³-hybridized carbons (Fsp3) is 0.667. The fourth-order valence-corrected chi connectivity index (χ4v) is 6.15. The van der Waals surface area contributed by atoms with Crippen LogP contribution in [0.15, 0.2) is 18.3 Å². The molecule has 1 spiro atoms. The molecule has 122 valence electrons. The van der Waals surface area contributed by atoms with Gasteiger partial charge in [0.25, 0.3) is 0 Å². The summed E-state index contributed by atoms with van der Waals surface area (Å²) in [4.78, 5) is 6.33. The zero-order chi connectivity index (χ0) is 15.8. The van der Waals surface area contributed by atoms with Crippen molar-refractivity contribution in [1.29, 1.82) is 0 Å². The SMILES string of the molecule is COC[C@@H]1CCS(=O)(=O)C12CN(Cc1cccnc1OC)C2. The van der Waals surface area contributed by atoms with Crippen molar-refractivity contribution in [3.8, 4) is 5.88 Å². The summed E-state index contributed by atoms with van der Waals surface area (Å²) in [6.45, 7) is 2.32. The van der Waals surface area contributed by atoms with Crippen LogP contribution in [0.4, 0.5) is 0 Å². The maximum Gasteiger partial charge on any atom is 0.217 e. The lowest BCUT2D eigenvalue weighted by Gasteiger charge is -2.50. The summed E-state index contributed by atoms with van der Waals surface area (Å²) in [5, 5.41) is 0. The zero-order valence-electron chi connectivity index (χ0n) is 13.0. The van der Waals surface area contributed by atoms with E-state index < -0.39 is 14.6 Å². The van der Waals surface area contributed by atoms with Crippen molar-refractivity contribution in [2.75, 3.05) is 39.7 Å². The van der Waals surface area contributed by atoms with Crippen LogP contribution >= 0.6 is 0 Å². The lowest BCUT2D eigenvalue weighted by Crippen LogP contribution is -2.67. The normalized spacial score (nSPS) is 26.0. The second-order valence-electron chi connectivity index (χ2n) is 6.14. The molecule has 2 fully saturated rings. The van der Waals surface area contributed by atoms with E-state index >= 15 is 0 Å². The largest absolute Gasteiger partial charge is 0.481 e. The number of hydrogen-bond donors (Lipinski definition) is 0. The van der Waals surface area contributed by atoms with Crippen molar-refractivity contribution in [2.24, 2.45) is 5.92 Å². The summed E-state index contributed by atoms with van der Waals surface area (Å²) in [6, 6.07) is 3.83. The molecule has 0 aliphatic carbocycles. The van der Waals surface area contributed by atoms with E-state index in [4.69, 9.17) is 9.47 Å². The second-order valence-corrected chi connectivity index (χ2v) is 8.59. The Balaban J connectivity index is 1.72. The zero-order valence-corrected chi connectivity index (χ0v) is 13.8. The number of ether oxygens (including phenoxy) is 2. The van der Waals surface area contributed by atoms with Crippen LogP contribution in [0.3, 0.4) is 0 Å². The van der Waals surface area contributed by atoms with Gasteiger partial charge < -0.3 is 9.47 Å². The van der Waals surface area contributed by atoms with E-state index in [0.29, 0.717) is 38.5 Å². The highest BCUT2D eigenvalue weighted by Crippen LogP contribution is 2.45. The van der Waals surface area contributed by atoms with Gasteiger partial charge in [0.2, 0.25) is 5.88 Å². The van der Waals surface area contributed by atoms with Crippen LogP contribution in [0.1, 0.15) is 12.0 Å². The van der Waals surface area contributed by atoms with Crippen LogP contribution in [0.5, 0.6) is 5.88 Å². The molecule has 1 aromatic heterocycles. The van der Waals surface area contributed by atoms with Crippen LogP contribution in [-0.2, 0) is 21.1 Å². The van der Waals surface area contributed by atoms with Gasteiger partial charge in [-0.2, -0.15) is 0 Å². The molecular weight excluding hydrogens is 304 g/mol. The Morgan fingerprint density at radius 1 is 1.41 bits per heavy atom. The first-order chi connectivity index (χ1) is 10.5. The molecular formula is C15H22N2O4S. The van der Waals surface area contributed by atoms with Gasteiger partial charge in [0.1, 0.15) is 4.75 Å². The van der Waals surface area contributed by atoms with E-state index in [1.165, 1.54) is 0 Å². The number of likely N-dealkylation sites (tertiary alicyclic amines) is 1. The fourth-order valence-electron chi connectivity index (χ4n) is 3.70. The van der Waals surface area contributed by atoms with E-state index in [-0.39, 0.29) is 11.7 Å². The van der Waals surface area contributed by atoms with Gasteiger partial charge in [-0.15, -0.1) is 0 Å². The van der Waals surface area contributed by atoms with Crippen molar-refractivity contribution in [3.63, 3.8) is 0 Å². The van der Waals surface area contributed by atoms with Gasteiger partial charge >= 0.3 is 0 Å². The Morgan fingerprint density at radius 2 is 2.18 bits per heavy atom. The molecule has 0 radical (unpaired) electrons. The van der Waals surface area contributed by atoms with Gasteiger partial charge in [0.05, 0.1) is 19.5 Å². The first-order valence-electron chi connectivity index (χ1n) is 7.44. The average Bonchev–Trinajstić information content (AvgIpc) is 2.72. The average molecular weight is 326 g/mol. The highest BCUT2D eigenvalue weighted by atomic mass is 32.2. The minimum absolute atomic E-state index is 0.106. The van der Waals surface area contributed by atoms with Gasteiger partial charge in [-0.3, -0.25) is 4.90 Å². The van der Waals surface area contributed by atoms with Crippen molar-refractivity contribution >= 4 is 9.84 Å². The molecule has 3 heterocycles. The molecule has 0 bridgehead atoms. The second kappa shape index (κ2) is 5.79. The van der Waals surface area contributed by atoms with Crippen LogP contribution in [0.2, 0.25) is 0 Å². The van der Waals surface area contributed by atoms with Gasteiger partial charge in [-0.05, 0) is 12.5 Å². The summed E-state index contributed by atoms with van der Waals surface area (Å²) in [5.74, 6) is 0.992. The molecule has 0 N–H and O–H groups in total. The number of methoxy groups -OCH3 is 2. The predicted octanol–water partition coefficient (Wildman–Crippen LogP) is 0.726. The van der Waals surface area contributed by atoms with Crippen molar-refractivity contribution in [1.82, 2.24) is 9.88 Å². The van der Waals surface area contributed by atoms with E-state index in [9.17, 15) is 8.42 Å². The Hall–Kier alpha value is -1.18. The first kappa shape index (κ1) is 15.7. The van der Waals surface area contributed by atoms with Crippen LogP contribution in [0, 0.1) is 5.92 Å². The van der Waals surface area contributed by atoms with Crippen molar-refractivity contribution < 1.29 is 17.9 Å². The Bertz CT molecular complexity index is 641. The standard InChI is InChI=1S/C15H22N2O4S/c1-20-9-13-5-7-22(18,19)15(13)10-17(11-15)8-12-4-3-6-16-14(12)21-2/h3-4,6,13H,5,7-11H2,1-2H3/t13-/m0/s1. The Morgan fingerprint density at radius 3 is 2.86 bits per heavy atom. The van der Waals surface area contributed by atoms with Crippen molar-refractivity contribution in [2.45, 2.75) is 17.7 Å². The molecule has 0 aromatic carbocycles. The Labute approximate surface area is 131 Å². The maximum absolute atomic E-state index is 12.5. The van der Waals surface area contributed by atoms with Gasteiger partial charge in [0, 0.05) is 44.4 Å². The number of sulfone groups is 1. The molecule has 1 atom stereocenters. The minimum Gasteiger partial charge on any atom is -0.481 e. The highest BCUT2D eigenvalue weighted by molar-refractivity contribution is 7.93. The molecule has 2 saturated heterocycles. The summed E-state index contributed by atoms with van der Waals surface area (Å²) in [7, 11) is 0.201. The molecule has 3 rings (SSSR count). The summed E-state index contributed by atoms with van der Waals surface area (Å²) in [5.41, 5.74) is 0.985. The third-order valence-corrected chi connectivity index (χ3v) is 7.49. The molecule has 0 unspecified atom stereocenters. The smallest absolute Gasteiger partial charge is 0.217 e. The molecule has 2 aliphatic heterocycles. The maximum atomic E-state index is 12.5. The van der Waals surface area contributed by atoms with Crippen molar-refractivity contribution in [3.05, 3.63) is 23.9 Å². The van der Waals surface area contributed by atoms with E-state index in [2.05, 4.69) is 9.88 Å². The number of hydrogen-bond acceptors (Lipinski definition) is 6. The third-order valence-electron chi connectivity index (χ3n) is 4.89. The Kier molecular flexibility index (Phi) is 4.13. The molecule has 22 heavy (non-hydrogen) atoms.